The quantitative estimate of drug-likeness (QED) is 0.445. The molecule has 1 spiro atoms. The van der Waals surface area contributed by atoms with Crippen molar-refractivity contribution in [3.8, 4) is 0 Å². The summed E-state index contributed by atoms with van der Waals surface area (Å²) < 4.78 is 24.9. The fourth-order valence-electron chi connectivity index (χ4n) is 9.10. The van der Waals surface area contributed by atoms with Crippen molar-refractivity contribution in [2.24, 2.45) is 34.0 Å². The standard InChI is InChI=1S/C27H40O6/c1-15-18-8-9-19-25(6)11-10-21(31-17(3)29)26(7,14-30-16(2)28)20(25)12-22-27(19,13-18)23(15)33-24(4,5)32-22/h18-23H,1,8-14H2,2-7H3/t18-,19+,20+,21-,22+,23+,25+,26-,27-/m1/s1. The molecular formula is C27H40O6. The van der Waals surface area contributed by atoms with E-state index in [0.717, 1.165) is 38.5 Å². The fraction of sp³-hybridized carbons (Fsp3) is 0.852. The zero-order valence-corrected chi connectivity index (χ0v) is 21.1. The van der Waals surface area contributed by atoms with Gasteiger partial charge in [0.25, 0.3) is 0 Å². The largest absolute Gasteiger partial charge is 0.465 e. The van der Waals surface area contributed by atoms with Crippen molar-refractivity contribution >= 4 is 11.9 Å². The lowest BCUT2D eigenvalue weighted by molar-refractivity contribution is -0.377. The Bertz CT molecular complexity index is 880. The van der Waals surface area contributed by atoms with Crippen LogP contribution >= 0.6 is 0 Å². The lowest BCUT2D eigenvalue weighted by Gasteiger charge is -2.69. The van der Waals surface area contributed by atoms with Crippen LogP contribution in [0.3, 0.4) is 0 Å². The third kappa shape index (κ3) is 3.19. The number of hydrogen-bond acceptors (Lipinski definition) is 6. The van der Waals surface area contributed by atoms with Gasteiger partial charge in [-0.1, -0.05) is 20.4 Å². The number of carbonyl (C=O) groups is 2. The molecule has 1 saturated heterocycles. The molecule has 0 aromatic heterocycles. The molecule has 184 valence electrons. The van der Waals surface area contributed by atoms with Gasteiger partial charge < -0.3 is 18.9 Å². The zero-order chi connectivity index (χ0) is 24.0. The van der Waals surface area contributed by atoms with E-state index in [1.165, 1.54) is 19.4 Å². The second-order valence-corrected chi connectivity index (χ2v) is 12.4. The predicted molar refractivity (Wildman–Crippen MR) is 122 cm³/mol. The first kappa shape index (κ1) is 23.3. The number of fused-ring (bicyclic) bond motifs is 3. The molecule has 0 aromatic rings. The summed E-state index contributed by atoms with van der Waals surface area (Å²) in [7, 11) is 0. The molecule has 6 heteroatoms. The van der Waals surface area contributed by atoms with Crippen LogP contribution in [0.5, 0.6) is 0 Å². The molecule has 5 rings (SSSR count). The molecule has 0 radical (unpaired) electrons. The van der Waals surface area contributed by atoms with Crippen LogP contribution in [-0.4, -0.2) is 42.6 Å². The summed E-state index contributed by atoms with van der Waals surface area (Å²) in [5.41, 5.74) is 0.762. The number of hydrogen-bond donors (Lipinski definition) is 0. The summed E-state index contributed by atoms with van der Waals surface area (Å²) in [4.78, 5) is 23.9. The van der Waals surface area contributed by atoms with E-state index >= 15 is 0 Å². The van der Waals surface area contributed by atoms with E-state index in [4.69, 9.17) is 18.9 Å². The molecule has 0 aromatic carbocycles. The lowest BCUT2D eigenvalue weighted by Crippen LogP contribution is -2.70. The topological polar surface area (TPSA) is 71.1 Å². The van der Waals surface area contributed by atoms with Crippen LogP contribution in [0.15, 0.2) is 12.2 Å². The second-order valence-electron chi connectivity index (χ2n) is 12.4. The molecule has 4 aliphatic carbocycles. The van der Waals surface area contributed by atoms with Crippen LogP contribution in [0, 0.1) is 34.0 Å². The van der Waals surface area contributed by atoms with Gasteiger partial charge in [-0.3, -0.25) is 9.59 Å². The molecule has 1 heterocycles. The second kappa shape index (κ2) is 7.30. The molecular weight excluding hydrogens is 420 g/mol. The van der Waals surface area contributed by atoms with Crippen LogP contribution in [0.4, 0.5) is 0 Å². The fourth-order valence-corrected chi connectivity index (χ4v) is 9.10. The summed E-state index contributed by atoms with van der Waals surface area (Å²) in [6.07, 6.45) is 5.80. The van der Waals surface area contributed by atoms with Gasteiger partial charge in [-0.25, -0.2) is 0 Å². The number of carbonyl (C=O) groups excluding carboxylic acids is 2. The summed E-state index contributed by atoms with van der Waals surface area (Å²) in [5.74, 6) is -0.107. The van der Waals surface area contributed by atoms with Gasteiger partial charge in [0, 0.05) is 24.7 Å². The van der Waals surface area contributed by atoms with Crippen LogP contribution in [0.1, 0.15) is 80.1 Å². The van der Waals surface area contributed by atoms with E-state index < -0.39 is 11.2 Å². The highest BCUT2D eigenvalue weighted by Crippen LogP contribution is 2.74. The minimum absolute atomic E-state index is 0.0179. The van der Waals surface area contributed by atoms with Gasteiger partial charge in [-0.2, -0.15) is 0 Å². The van der Waals surface area contributed by atoms with Gasteiger partial charge in [-0.15, -0.1) is 0 Å². The first-order valence-corrected chi connectivity index (χ1v) is 12.7. The van der Waals surface area contributed by atoms with Crippen molar-refractivity contribution in [1.82, 2.24) is 0 Å². The third-order valence-corrected chi connectivity index (χ3v) is 10.2. The molecule has 1 aliphatic heterocycles. The van der Waals surface area contributed by atoms with Crippen LogP contribution in [-0.2, 0) is 28.5 Å². The first-order valence-electron chi connectivity index (χ1n) is 12.7. The average Bonchev–Trinajstić information content (AvgIpc) is 2.92. The summed E-state index contributed by atoms with van der Waals surface area (Å²) in [6.45, 7) is 16.3. The normalized spacial score (nSPS) is 49.6. The Morgan fingerprint density at radius 3 is 2.42 bits per heavy atom. The summed E-state index contributed by atoms with van der Waals surface area (Å²) >= 11 is 0. The molecule has 4 saturated carbocycles. The highest BCUT2D eigenvalue weighted by molar-refractivity contribution is 5.66. The Labute approximate surface area is 197 Å². The Morgan fingerprint density at radius 1 is 1.03 bits per heavy atom. The first-order chi connectivity index (χ1) is 15.3. The molecule has 0 N–H and O–H groups in total. The summed E-state index contributed by atoms with van der Waals surface area (Å²) in [6, 6.07) is 0. The van der Waals surface area contributed by atoms with Crippen LogP contribution in [0.25, 0.3) is 0 Å². The van der Waals surface area contributed by atoms with E-state index in [9.17, 15) is 9.59 Å². The molecule has 5 fully saturated rings. The van der Waals surface area contributed by atoms with Gasteiger partial charge in [-0.05, 0) is 81.1 Å². The van der Waals surface area contributed by atoms with Gasteiger partial charge in [0.15, 0.2) is 5.79 Å². The molecule has 9 atom stereocenters. The minimum atomic E-state index is -0.671. The molecule has 6 nitrogen and oxygen atoms in total. The molecule has 33 heavy (non-hydrogen) atoms. The van der Waals surface area contributed by atoms with Gasteiger partial charge in [0.2, 0.25) is 0 Å². The van der Waals surface area contributed by atoms with E-state index in [0.29, 0.717) is 11.8 Å². The predicted octanol–water partition coefficient (Wildman–Crippen LogP) is 4.80. The lowest BCUT2D eigenvalue weighted by atomic mass is 9.39. The maximum absolute atomic E-state index is 12.0. The van der Waals surface area contributed by atoms with Crippen molar-refractivity contribution in [2.45, 2.75) is 104 Å². The highest BCUT2D eigenvalue weighted by Gasteiger charge is 2.74. The van der Waals surface area contributed by atoms with Crippen molar-refractivity contribution < 1.29 is 28.5 Å². The Kier molecular flexibility index (Phi) is 5.17. The third-order valence-electron chi connectivity index (χ3n) is 10.2. The summed E-state index contributed by atoms with van der Waals surface area (Å²) in [5, 5.41) is 0. The average molecular weight is 461 g/mol. The van der Waals surface area contributed by atoms with Gasteiger partial charge >= 0.3 is 11.9 Å². The smallest absolute Gasteiger partial charge is 0.302 e. The van der Waals surface area contributed by atoms with E-state index in [-0.39, 0.29) is 53.6 Å². The number of esters is 2. The zero-order valence-electron chi connectivity index (χ0n) is 21.1. The van der Waals surface area contributed by atoms with E-state index in [2.05, 4.69) is 20.4 Å². The Hall–Kier alpha value is -1.40. The van der Waals surface area contributed by atoms with Crippen molar-refractivity contribution in [1.29, 1.82) is 0 Å². The van der Waals surface area contributed by atoms with Crippen molar-refractivity contribution in [3.63, 3.8) is 0 Å². The van der Waals surface area contributed by atoms with Crippen molar-refractivity contribution in [3.05, 3.63) is 12.2 Å². The maximum Gasteiger partial charge on any atom is 0.302 e. The number of rotatable bonds is 3. The van der Waals surface area contributed by atoms with E-state index in [1.807, 2.05) is 13.8 Å². The number of ether oxygens (including phenoxy) is 4. The maximum atomic E-state index is 12.0. The molecule has 2 bridgehead atoms. The SMILES string of the molecule is C=C1[C@@H]2CC[C@H]3[C@]4(C)CC[C@@H](OC(C)=O)[C@](C)(COC(C)=O)[C@H]4C[C@@H]4OC(C)(C)O[C@@H]1[C@@]43C2. The molecule has 0 amide bonds. The van der Waals surface area contributed by atoms with Crippen LogP contribution < -0.4 is 0 Å². The van der Waals surface area contributed by atoms with Gasteiger partial charge in [0.05, 0.1) is 12.2 Å². The van der Waals surface area contributed by atoms with Gasteiger partial charge in [0.1, 0.15) is 12.7 Å². The molecule has 0 unspecified atom stereocenters. The van der Waals surface area contributed by atoms with Crippen LogP contribution in [0.2, 0.25) is 0 Å². The van der Waals surface area contributed by atoms with E-state index in [1.54, 1.807) is 0 Å². The Balaban J connectivity index is 1.60. The van der Waals surface area contributed by atoms with Crippen molar-refractivity contribution in [2.75, 3.05) is 6.61 Å². The minimum Gasteiger partial charge on any atom is -0.465 e. The Morgan fingerprint density at radius 2 is 1.76 bits per heavy atom. The molecule has 5 aliphatic rings. The highest BCUT2D eigenvalue weighted by atomic mass is 16.7. The monoisotopic (exact) mass is 460 g/mol.